The topological polar surface area (TPSA) is 46.6 Å². The van der Waals surface area contributed by atoms with Crippen molar-refractivity contribution in [3.8, 4) is 0 Å². The van der Waals surface area contributed by atoms with Gasteiger partial charge in [-0.15, -0.1) is 11.6 Å². The normalized spacial score (nSPS) is 15.9. The summed E-state index contributed by atoms with van der Waals surface area (Å²) >= 11 is 5.61. The zero-order valence-corrected chi connectivity index (χ0v) is 12.9. The Hall–Kier alpha value is -1.55. The summed E-state index contributed by atoms with van der Waals surface area (Å²) < 4.78 is 5.35. The van der Waals surface area contributed by atoms with E-state index in [1.165, 1.54) is 0 Å². The molecule has 0 aromatic heterocycles. The Morgan fingerprint density at radius 1 is 1.33 bits per heavy atom. The highest BCUT2D eigenvalue weighted by atomic mass is 35.5. The molecule has 1 saturated carbocycles. The molecule has 1 unspecified atom stereocenters. The fourth-order valence-corrected chi connectivity index (χ4v) is 2.57. The molecule has 0 spiro atoms. The first-order chi connectivity index (χ1) is 10.1. The van der Waals surface area contributed by atoms with Gasteiger partial charge in [-0.1, -0.05) is 30.3 Å². The van der Waals surface area contributed by atoms with Gasteiger partial charge in [-0.2, -0.15) is 0 Å². The van der Waals surface area contributed by atoms with E-state index in [2.05, 4.69) is 0 Å². The fraction of sp³-hybridized carbons (Fsp3) is 0.500. The number of ketones is 1. The van der Waals surface area contributed by atoms with Gasteiger partial charge >= 0.3 is 6.09 Å². The number of amides is 1. The second kappa shape index (κ2) is 7.46. The lowest BCUT2D eigenvalue weighted by Gasteiger charge is -2.39. The molecule has 1 amide bonds. The van der Waals surface area contributed by atoms with E-state index in [0.29, 0.717) is 0 Å². The van der Waals surface area contributed by atoms with Crippen LogP contribution in [0.4, 0.5) is 4.79 Å². The number of carbonyl (C=O) groups excluding carboxylic acids is 2. The smallest absolute Gasteiger partial charge is 0.410 e. The van der Waals surface area contributed by atoms with Crippen LogP contribution < -0.4 is 0 Å². The van der Waals surface area contributed by atoms with E-state index in [9.17, 15) is 9.59 Å². The summed E-state index contributed by atoms with van der Waals surface area (Å²) in [6, 6.07) is 9.06. The molecule has 5 heteroatoms. The van der Waals surface area contributed by atoms with E-state index in [1.807, 2.05) is 30.3 Å². The SMILES string of the molecule is CC(C(=O)CCl)N(C(=O)OCc1ccccc1)C1CCC1. The quantitative estimate of drug-likeness (QED) is 0.757. The molecular formula is C16H20ClNO3. The van der Waals surface area contributed by atoms with Gasteiger partial charge in [0.05, 0.1) is 11.9 Å². The van der Waals surface area contributed by atoms with Crippen molar-refractivity contribution in [3.05, 3.63) is 35.9 Å². The number of nitrogens with zero attached hydrogens (tertiary/aromatic N) is 1. The number of ether oxygens (including phenoxy) is 1. The summed E-state index contributed by atoms with van der Waals surface area (Å²) in [6.07, 6.45) is 2.48. The minimum Gasteiger partial charge on any atom is -0.445 e. The maximum atomic E-state index is 12.3. The van der Waals surface area contributed by atoms with Crippen LogP contribution in [-0.4, -0.2) is 34.7 Å². The van der Waals surface area contributed by atoms with Crippen LogP contribution in [0.2, 0.25) is 0 Å². The van der Waals surface area contributed by atoms with Gasteiger partial charge < -0.3 is 4.74 Å². The molecule has 1 atom stereocenters. The van der Waals surface area contributed by atoms with E-state index in [-0.39, 0.29) is 24.3 Å². The van der Waals surface area contributed by atoms with E-state index in [1.54, 1.807) is 11.8 Å². The van der Waals surface area contributed by atoms with Gasteiger partial charge in [-0.05, 0) is 31.7 Å². The molecule has 1 aromatic rings. The Balaban J connectivity index is 1.99. The van der Waals surface area contributed by atoms with Gasteiger partial charge in [0.1, 0.15) is 6.61 Å². The molecule has 114 valence electrons. The zero-order valence-electron chi connectivity index (χ0n) is 12.1. The van der Waals surface area contributed by atoms with E-state index < -0.39 is 12.1 Å². The molecule has 1 aliphatic rings. The van der Waals surface area contributed by atoms with Crippen molar-refractivity contribution in [2.75, 3.05) is 5.88 Å². The lowest BCUT2D eigenvalue weighted by Crippen LogP contribution is -2.52. The summed E-state index contributed by atoms with van der Waals surface area (Å²) in [4.78, 5) is 25.7. The average Bonchev–Trinajstić information content (AvgIpc) is 2.47. The van der Waals surface area contributed by atoms with Gasteiger partial charge in [0.2, 0.25) is 0 Å². The van der Waals surface area contributed by atoms with Crippen LogP contribution in [0.3, 0.4) is 0 Å². The highest BCUT2D eigenvalue weighted by Gasteiger charge is 2.35. The van der Waals surface area contributed by atoms with Crippen molar-refractivity contribution >= 4 is 23.5 Å². The first-order valence-electron chi connectivity index (χ1n) is 7.21. The lowest BCUT2D eigenvalue weighted by atomic mass is 9.90. The lowest BCUT2D eigenvalue weighted by molar-refractivity contribution is -0.122. The molecule has 0 saturated heterocycles. The number of alkyl halides is 1. The standard InChI is InChI=1S/C16H20ClNO3/c1-12(15(19)10-17)18(14-8-5-9-14)16(20)21-11-13-6-3-2-4-7-13/h2-4,6-7,12,14H,5,8-11H2,1H3. The molecule has 0 heterocycles. The molecule has 0 aliphatic heterocycles. The molecule has 21 heavy (non-hydrogen) atoms. The summed E-state index contributed by atoms with van der Waals surface area (Å²) in [5.74, 6) is -0.240. The molecule has 1 aliphatic carbocycles. The molecule has 4 nitrogen and oxygen atoms in total. The molecule has 0 bridgehead atoms. The Labute approximate surface area is 130 Å². The van der Waals surface area contributed by atoms with Crippen LogP contribution in [-0.2, 0) is 16.1 Å². The van der Waals surface area contributed by atoms with E-state index >= 15 is 0 Å². The summed E-state index contributed by atoms with van der Waals surface area (Å²) in [5.41, 5.74) is 0.927. The predicted octanol–water partition coefficient (Wildman–Crippen LogP) is 3.37. The molecule has 2 rings (SSSR count). The average molecular weight is 310 g/mol. The Morgan fingerprint density at radius 2 is 2.00 bits per heavy atom. The summed E-state index contributed by atoms with van der Waals surface area (Å²) in [7, 11) is 0. The van der Waals surface area contributed by atoms with Crippen molar-refractivity contribution < 1.29 is 14.3 Å². The van der Waals surface area contributed by atoms with Crippen LogP contribution in [0.1, 0.15) is 31.7 Å². The van der Waals surface area contributed by atoms with Crippen LogP contribution in [0.15, 0.2) is 30.3 Å². The van der Waals surface area contributed by atoms with Crippen molar-refractivity contribution in [2.45, 2.75) is 44.9 Å². The number of hydrogen-bond acceptors (Lipinski definition) is 3. The maximum Gasteiger partial charge on any atom is 0.410 e. The molecule has 1 fully saturated rings. The number of hydrogen-bond donors (Lipinski definition) is 0. The number of halogens is 1. The van der Waals surface area contributed by atoms with E-state index in [0.717, 1.165) is 24.8 Å². The molecule has 0 radical (unpaired) electrons. The fourth-order valence-electron chi connectivity index (χ4n) is 2.35. The number of rotatable bonds is 6. The first-order valence-corrected chi connectivity index (χ1v) is 7.74. The minimum atomic E-state index is -0.531. The van der Waals surface area contributed by atoms with Crippen molar-refractivity contribution in [1.82, 2.24) is 4.90 Å². The number of Topliss-reactive ketones (excluding diaryl/α,β-unsaturated/α-hetero) is 1. The maximum absolute atomic E-state index is 12.3. The Morgan fingerprint density at radius 3 is 2.52 bits per heavy atom. The summed E-state index contributed by atoms with van der Waals surface area (Å²) in [5, 5.41) is 0. The van der Waals surface area contributed by atoms with Gasteiger partial charge in [0, 0.05) is 6.04 Å². The largest absolute Gasteiger partial charge is 0.445 e. The van der Waals surface area contributed by atoms with Gasteiger partial charge in [0.25, 0.3) is 0 Å². The van der Waals surface area contributed by atoms with Crippen molar-refractivity contribution in [3.63, 3.8) is 0 Å². The van der Waals surface area contributed by atoms with Crippen LogP contribution in [0.5, 0.6) is 0 Å². The predicted molar refractivity (Wildman–Crippen MR) is 81.3 cm³/mol. The van der Waals surface area contributed by atoms with Gasteiger partial charge in [-0.3, -0.25) is 9.69 Å². The van der Waals surface area contributed by atoms with Crippen LogP contribution >= 0.6 is 11.6 Å². The molecular weight excluding hydrogens is 290 g/mol. The van der Waals surface area contributed by atoms with Gasteiger partial charge in [-0.25, -0.2) is 4.79 Å². The molecule has 0 N–H and O–H groups in total. The second-order valence-corrected chi connectivity index (χ2v) is 5.58. The highest BCUT2D eigenvalue weighted by Crippen LogP contribution is 2.27. The third-order valence-corrected chi connectivity index (χ3v) is 4.16. The summed E-state index contributed by atoms with van der Waals surface area (Å²) in [6.45, 7) is 1.93. The number of carbonyl (C=O) groups is 2. The second-order valence-electron chi connectivity index (χ2n) is 5.31. The first kappa shape index (κ1) is 15.8. The van der Waals surface area contributed by atoms with Crippen LogP contribution in [0.25, 0.3) is 0 Å². The van der Waals surface area contributed by atoms with Crippen LogP contribution in [0, 0.1) is 0 Å². The Kier molecular flexibility index (Phi) is 5.62. The zero-order chi connectivity index (χ0) is 15.2. The number of benzene rings is 1. The Bertz CT molecular complexity index is 488. The molecule has 1 aromatic carbocycles. The minimum absolute atomic E-state index is 0.0870. The van der Waals surface area contributed by atoms with E-state index in [4.69, 9.17) is 16.3 Å². The van der Waals surface area contributed by atoms with Crippen molar-refractivity contribution in [2.24, 2.45) is 0 Å². The highest BCUT2D eigenvalue weighted by molar-refractivity contribution is 6.28. The van der Waals surface area contributed by atoms with Gasteiger partial charge in [0.15, 0.2) is 5.78 Å². The third-order valence-electron chi connectivity index (χ3n) is 3.90. The van der Waals surface area contributed by atoms with Crippen molar-refractivity contribution in [1.29, 1.82) is 0 Å². The monoisotopic (exact) mass is 309 g/mol. The third kappa shape index (κ3) is 3.97.